The second kappa shape index (κ2) is 6.69. The quantitative estimate of drug-likeness (QED) is 0.905. The van der Waals surface area contributed by atoms with Crippen molar-refractivity contribution in [2.75, 3.05) is 19.0 Å². The highest BCUT2D eigenvalue weighted by atomic mass is 19.4. The van der Waals surface area contributed by atoms with Gasteiger partial charge in [-0.15, -0.1) is 0 Å². The molecule has 2 nitrogen and oxygen atoms in total. The summed E-state index contributed by atoms with van der Waals surface area (Å²) in [5, 5.41) is 3.38. The topological polar surface area (TPSA) is 15.3 Å². The van der Waals surface area contributed by atoms with Gasteiger partial charge in [0.2, 0.25) is 0 Å². The molecule has 118 valence electrons. The van der Waals surface area contributed by atoms with Gasteiger partial charge >= 0.3 is 6.18 Å². The summed E-state index contributed by atoms with van der Waals surface area (Å²) < 4.78 is 37.8. The fraction of sp³-hybridized carbons (Fsp3) is 0.625. The van der Waals surface area contributed by atoms with Crippen molar-refractivity contribution < 1.29 is 13.2 Å². The first-order chi connectivity index (χ1) is 9.86. The number of halogens is 3. The molecule has 0 saturated heterocycles. The van der Waals surface area contributed by atoms with Crippen LogP contribution in [0.2, 0.25) is 0 Å². The molecule has 1 N–H and O–H groups in total. The first kappa shape index (κ1) is 16.1. The molecule has 5 heteroatoms. The number of nitrogens with one attached hydrogen (secondary N) is 1. The van der Waals surface area contributed by atoms with E-state index >= 15 is 0 Å². The molecule has 0 spiro atoms. The van der Waals surface area contributed by atoms with Gasteiger partial charge in [-0.25, -0.2) is 0 Å². The first-order valence-corrected chi connectivity index (χ1v) is 7.42. The van der Waals surface area contributed by atoms with Crippen molar-refractivity contribution in [3.63, 3.8) is 0 Å². The Bertz CT molecular complexity index is 432. The molecule has 0 atom stereocenters. The lowest BCUT2D eigenvalue weighted by atomic mass is 9.85. The second-order valence-corrected chi connectivity index (χ2v) is 6.03. The van der Waals surface area contributed by atoms with Crippen LogP contribution in [0, 0.1) is 5.92 Å². The zero-order chi connectivity index (χ0) is 15.5. The van der Waals surface area contributed by atoms with E-state index < -0.39 is 12.1 Å². The average Bonchev–Trinajstić information content (AvgIpc) is 2.45. The Labute approximate surface area is 124 Å². The lowest BCUT2D eigenvalue weighted by molar-refractivity contribution is -0.182. The van der Waals surface area contributed by atoms with Crippen molar-refractivity contribution in [3.05, 3.63) is 29.8 Å². The molecule has 0 bridgehead atoms. The van der Waals surface area contributed by atoms with E-state index in [9.17, 15) is 13.2 Å². The summed E-state index contributed by atoms with van der Waals surface area (Å²) >= 11 is 0. The number of anilines is 1. The zero-order valence-electron chi connectivity index (χ0n) is 12.6. The summed E-state index contributed by atoms with van der Waals surface area (Å²) in [6.45, 7) is 0.717. The summed E-state index contributed by atoms with van der Waals surface area (Å²) in [4.78, 5) is 2.04. The van der Waals surface area contributed by atoms with Crippen molar-refractivity contribution in [1.29, 1.82) is 0 Å². The average molecular weight is 300 g/mol. The minimum Gasteiger partial charge on any atom is -0.378 e. The molecule has 2 rings (SSSR count). The molecule has 1 aliphatic carbocycles. The van der Waals surface area contributed by atoms with E-state index in [0.717, 1.165) is 12.2 Å². The van der Waals surface area contributed by atoms with Gasteiger partial charge in [-0.1, -0.05) is 12.1 Å². The van der Waals surface area contributed by atoms with Crippen LogP contribution in [0.25, 0.3) is 0 Å². The highest BCUT2D eigenvalue weighted by Gasteiger charge is 2.41. The number of hydrogen-bond donors (Lipinski definition) is 1. The van der Waals surface area contributed by atoms with Gasteiger partial charge in [0.15, 0.2) is 0 Å². The van der Waals surface area contributed by atoms with E-state index in [1.54, 1.807) is 0 Å². The maximum atomic E-state index is 12.6. The molecule has 21 heavy (non-hydrogen) atoms. The molecule has 0 aliphatic heterocycles. The Morgan fingerprint density at radius 3 is 2.10 bits per heavy atom. The van der Waals surface area contributed by atoms with Crippen LogP contribution in [0.5, 0.6) is 0 Å². The third kappa shape index (κ3) is 4.63. The Morgan fingerprint density at radius 2 is 1.62 bits per heavy atom. The smallest absolute Gasteiger partial charge is 0.378 e. The molecule has 1 fully saturated rings. The van der Waals surface area contributed by atoms with E-state index in [1.807, 2.05) is 19.0 Å². The maximum absolute atomic E-state index is 12.6. The third-order valence-corrected chi connectivity index (χ3v) is 4.24. The zero-order valence-corrected chi connectivity index (χ0v) is 12.6. The van der Waals surface area contributed by atoms with Crippen LogP contribution in [0.3, 0.4) is 0 Å². The van der Waals surface area contributed by atoms with Crippen LogP contribution in [-0.4, -0.2) is 26.3 Å². The van der Waals surface area contributed by atoms with Crippen LogP contribution in [0.4, 0.5) is 18.9 Å². The largest absolute Gasteiger partial charge is 0.391 e. The number of rotatable bonds is 4. The van der Waals surface area contributed by atoms with Gasteiger partial charge in [-0.05, 0) is 43.4 Å². The van der Waals surface area contributed by atoms with Gasteiger partial charge in [-0.2, -0.15) is 13.2 Å². The number of hydrogen-bond acceptors (Lipinski definition) is 2. The normalized spacial score (nSPS) is 23.1. The Hall–Kier alpha value is -1.23. The SMILES string of the molecule is CN(C)c1ccc(CNC2CCC(C(F)(F)F)CC2)cc1. The van der Waals surface area contributed by atoms with Crippen LogP contribution >= 0.6 is 0 Å². The molecule has 1 aromatic carbocycles. The fourth-order valence-electron chi connectivity index (χ4n) is 2.80. The molecule has 1 saturated carbocycles. The molecule has 1 aromatic rings. The number of benzene rings is 1. The molecule has 0 amide bonds. The van der Waals surface area contributed by atoms with E-state index in [2.05, 4.69) is 29.6 Å². The first-order valence-electron chi connectivity index (χ1n) is 7.42. The van der Waals surface area contributed by atoms with Gasteiger partial charge in [0.05, 0.1) is 5.92 Å². The van der Waals surface area contributed by atoms with Crippen molar-refractivity contribution in [3.8, 4) is 0 Å². The van der Waals surface area contributed by atoms with Crippen molar-refractivity contribution in [1.82, 2.24) is 5.32 Å². The van der Waals surface area contributed by atoms with Gasteiger partial charge in [-0.3, -0.25) is 0 Å². The Morgan fingerprint density at radius 1 is 1.05 bits per heavy atom. The van der Waals surface area contributed by atoms with Gasteiger partial charge in [0.1, 0.15) is 0 Å². The summed E-state index contributed by atoms with van der Waals surface area (Å²) in [5.41, 5.74) is 2.31. The minimum absolute atomic E-state index is 0.206. The molecule has 0 aromatic heterocycles. The van der Waals surface area contributed by atoms with Crippen molar-refractivity contribution in [2.24, 2.45) is 5.92 Å². The van der Waals surface area contributed by atoms with Crippen LogP contribution in [0.15, 0.2) is 24.3 Å². The van der Waals surface area contributed by atoms with Crippen LogP contribution < -0.4 is 10.2 Å². The van der Waals surface area contributed by atoms with E-state index in [1.165, 1.54) is 5.56 Å². The summed E-state index contributed by atoms with van der Waals surface area (Å²) in [5.74, 6) is -1.10. The van der Waals surface area contributed by atoms with Crippen molar-refractivity contribution in [2.45, 2.75) is 44.4 Å². The van der Waals surface area contributed by atoms with Gasteiger partial charge in [0, 0.05) is 32.4 Å². The van der Waals surface area contributed by atoms with Gasteiger partial charge in [0.25, 0.3) is 0 Å². The predicted octanol–water partition coefficient (Wildman–Crippen LogP) is 3.96. The molecular formula is C16H23F3N2. The Kier molecular flexibility index (Phi) is 5.14. The highest BCUT2D eigenvalue weighted by molar-refractivity contribution is 5.45. The minimum atomic E-state index is -4.02. The highest BCUT2D eigenvalue weighted by Crippen LogP contribution is 2.37. The molecule has 0 unspecified atom stereocenters. The van der Waals surface area contributed by atoms with E-state index in [-0.39, 0.29) is 18.9 Å². The van der Waals surface area contributed by atoms with Gasteiger partial charge < -0.3 is 10.2 Å². The molecule has 1 aliphatic rings. The summed E-state index contributed by atoms with van der Waals surface area (Å²) in [7, 11) is 3.98. The second-order valence-electron chi connectivity index (χ2n) is 6.03. The molecule has 0 radical (unpaired) electrons. The summed E-state index contributed by atoms with van der Waals surface area (Å²) in [6, 6.07) is 8.43. The van der Waals surface area contributed by atoms with E-state index in [4.69, 9.17) is 0 Å². The van der Waals surface area contributed by atoms with Crippen molar-refractivity contribution >= 4 is 5.69 Å². The van der Waals surface area contributed by atoms with Crippen LogP contribution in [-0.2, 0) is 6.54 Å². The predicted molar refractivity (Wildman–Crippen MR) is 79.4 cm³/mol. The standard InChI is InChI=1S/C16H23F3N2/c1-21(2)15-9-3-12(4-10-15)11-20-14-7-5-13(6-8-14)16(17,18)19/h3-4,9-10,13-14,20H,5-8,11H2,1-2H3. The Balaban J connectivity index is 1.77. The van der Waals surface area contributed by atoms with Crippen LogP contribution in [0.1, 0.15) is 31.2 Å². The fourth-order valence-corrected chi connectivity index (χ4v) is 2.80. The summed E-state index contributed by atoms with van der Waals surface area (Å²) in [6.07, 6.45) is -2.30. The molecular weight excluding hydrogens is 277 g/mol. The lowest BCUT2D eigenvalue weighted by Crippen LogP contribution is -2.36. The lowest BCUT2D eigenvalue weighted by Gasteiger charge is -2.30. The molecule has 0 heterocycles. The third-order valence-electron chi connectivity index (χ3n) is 4.24. The maximum Gasteiger partial charge on any atom is 0.391 e. The number of alkyl halides is 3. The van der Waals surface area contributed by atoms with E-state index in [0.29, 0.717) is 12.8 Å². The number of nitrogens with zero attached hydrogens (tertiary/aromatic N) is 1. The monoisotopic (exact) mass is 300 g/mol.